The van der Waals surface area contributed by atoms with E-state index in [4.69, 9.17) is 0 Å². The molecule has 0 aliphatic carbocycles. The molecule has 70 valence electrons. The van der Waals surface area contributed by atoms with Gasteiger partial charge in [0.2, 0.25) is 5.78 Å². The molecule has 0 unspecified atom stereocenters. The zero-order chi connectivity index (χ0) is 9.40. The van der Waals surface area contributed by atoms with Gasteiger partial charge >= 0.3 is 5.97 Å². The Balaban J connectivity index is 3.50. The summed E-state index contributed by atoms with van der Waals surface area (Å²) >= 11 is 0. The lowest BCUT2D eigenvalue weighted by Gasteiger charge is -2.00. The molecule has 0 aliphatic heterocycles. The van der Waals surface area contributed by atoms with Crippen LogP contribution in [0.25, 0.3) is 0 Å². The smallest absolute Gasteiger partial charge is 0.374 e. The summed E-state index contributed by atoms with van der Waals surface area (Å²) in [5, 5.41) is 2.95. The Morgan fingerprint density at radius 3 is 2.50 bits per heavy atom. The van der Waals surface area contributed by atoms with Crippen molar-refractivity contribution in [2.45, 2.75) is 20.3 Å². The van der Waals surface area contributed by atoms with Crippen LogP contribution < -0.4 is 5.32 Å². The number of hydrogen-bond acceptors (Lipinski definition) is 4. The standard InChI is InChI=1S/C8H15NO3/c1-3-9-6-5-7(10)8(11)12-4-2/h9H,3-6H2,1-2H3. The van der Waals surface area contributed by atoms with Gasteiger partial charge in [0.1, 0.15) is 0 Å². The first kappa shape index (κ1) is 11.1. The van der Waals surface area contributed by atoms with Crippen LogP contribution in [0.4, 0.5) is 0 Å². The van der Waals surface area contributed by atoms with Gasteiger partial charge in [0.25, 0.3) is 0 Å². The van der Waals surface area contributed by atoms with Crippen molar-refractivity contribution < 1.29 is 14.3 Å². The molecule has 0 rings (SSSR count). The van der Waals surface area contributed by atoms with Crippen molar-refractivity contribution >= 4 is 11.8 Å². The van der Waals surface area contributed by atoms with Crippen LogP contribution in [0.3, 0.4) is 0 Å². The van der Waals surface area contributed by atoms with Gasteiger partial charge in [0, 0.05) is 13.0 Å². The van der Waals surface area contributed by atoms with E-state index < -0.39 is 11.8 Å². The number of rotatable bonds is 6. The lowest BCUT2D eigenvalue weighted by atomic mass is 10.3. The number of Topliss-reactive ketones (excluding diaryl/α,β-unsaturated/α-hetero) is 1. The fourth-order valence-electron chi connectivity index (χ4n) is 0.692. The second-order valence-electron chi connectivity index (χ2n) is 2.25. The van der Waals surface area contributed by atoms with Gasteiger partial charge in [-0.05, 0) is 13.5 Å². The number of nitrogens with one attached hydrogen (secondary N) is 1. The third-order valence-electron chi connectivity index (χ3n) is 1.28. The average molecular weight is 173 g/mol. The molecule has 0 radical (unpaired) electrons. The maximum atomic E-state index is 10.9. The van der Waals surface area contributed by atoms with Crippen LogP contribution in [0.1, 0.15) is 20.3 Å². The SMILES string of the molecule is CCNCCC(=O)C(=O)OCC. The van der Waals surface area contributed by atoms with Crippen LogP contribution in [-0.2, 0) is 14.3 Å². The first-order valence-electron chi connectivity index (χ1n) is 4.13. The molecule has 0 spiro atoms. The molecule has 0 fully saturated rings. The van der Waals surface area contributed by atoms with Gasteiger partial charge in [-0.25, -0.2) is 4.79 Å². The molecule has 0 aromatic carbocycles. The molecular formula is C8H15NO3. The average Bonchev–Trinajstić information content (AvgIpc) is 2.05. The predicted octanol–water partition coefficient (Wildman–Crippen LogP) is 0.118. The lowest BCUT2D eigenvalue weighted by Crippen LogP contribution is -2.23. The highest BCUT2D eigenvalue weighted by molar-refractivity contribution is 6.33. The van der Waals surface area contributed by atoms with E-state index in [9.17, 15) is 9.59 Å². The fraction of sp³-hybridized carbons (Fsp3) is 0.750. The highest BCUT2D eigenvalue weighted by Gasteiger charge is 2.12. The lowest BCUT2D eigenvalue weighted by molar-refractivity contribution is -0.153. The maximum absolute atomic E-state index is 10.9. The zero-order valence-corrected chi connectivity index (χ0v) is 7.55. The van der Waals surface area contributed by atoms with Gasteiger partial charge in [-0.15, -0.1) is 0 Å². The Kier molecular flexibility index (Phi) is 6.28. The summed E-state index contributed by atoms with van der Waals surface area (Å²) in [6, 6.07) is 0. The molecule has 0 saturated heterocycles. The van der Waals surface area contributed by atoms with Crippen LogP contribution in [0.15, 0.2) is 0 Å². The summed E-state index contributed by atoms with van der Waals surface area (Å²) in [5.74, 6) is -1.19. The van der Waals surface area contributed by atoms with Gasteiger partial charge in [0.05, 0.1) is 6.61 Å². The molecule has 1 N–H and O–H groups in total. The third kappa shape index (κ3) is 4.85. The second kappa shape index (κ2) is 6.79. The van der Waals surface area contributed by atoms with Crippen molar-refractivity contribution in [2.24, 2.45) is 0 Å². The Labute approximate surface area is 72.3 Å². The highest BCUT2D eigenvalue weighted by atomic mass is 16.5. The van der Waals surface area contributed by atoms with Crippen LogP contribution >= 0.6 is 0 Å². The summed E-state index contributed by atoms with van der Waals surface area (Å²) in [6.07, 6.45) is 0.215. The topological polar surface area (TPSA) is 55.4 Å². The molecular weight excluding hydrogens is 158 g/mol. The Morgan fingerprint density at radius 2 is 2.00 bits per heavy atom. The zero-order valence-electron chi connectivity index (χ0n) is 7.55. The van der Waals surface area contributed by atoms with Gasteiger partial charge < -0.3 is 10.1 Å². The van der Waals surface area contributed by atoms with Crippen LogP contribution in [0.2, 0.25) is 0 Å². The summed E-state index contributed by atoms with van der Waals surface area (Å²) in [4.78, 5) is 21.6. The van der Waals surface area contributed by atoms with E-state index in [2.05, 4.69) is 10.1 Å². The van der Waals surface area contributed by atoms with E-state index in [-0.39, 0.29) is 13.0 Å². The van der Waals surface area contributed by atoms with Crippen molar-refractivity contribution in [3.05, 3.63) is 0 Å². The van der Waals surface area contributed by atoms with Crippen molar-refractivity contribution in [2.75, 3.05) is 19.7 Å². The Hall–Kier alpha value is -0.900. The van der Waals surface area contributed by atoms with E-state index in [1.54, 1.807) is 6.92 Å². The van der Waals surface area contributed by atoms with Crippen molar-refractivity contribution in [1.29, 1.82) is 0 Å². The van der Waals surface area contributed by atoms with E-state index >= 15 is 0 Å². The summed E-state index contributed by atoms with van der Waals surface area (Å²) in [6.45, 7) is 5.21. The van der Waals surface area contributed by atoms with Gasteiger partial charge in [-0.1, -0.05) is 6.92 Å². The maximum Gasteiger partial charge on any atom is 0.374 e. The minimum absolute atomic E-state index is 0.215. The highest BCUT2D eigenvalue weighted by Crippen LogP contribution is 1.86. The number of carbonyl (C=O) groups excluding carboxylic acids is 2. The van der Waals surface area contributed by atoms with Crippen LogP contribution in [0.5, 0.6) is 0 Å². The Bertz CT molecular complexity index is 156. The summed E-state index contributed by atoms with van der Waals surface area (Å²) in [5.41, 5.74) is 0. The first-order valence-corrected chi connectivity index (χ1v) is 4.13. The fourth-order valence-corrected chi connectivity index (χ4v) is 0.692. The largest absolute Gasteiger partial charge is 0.460 e. The quantitative estimate of drug-likeness (QED) is 0.352. The molecule has 0 saturated carbocycles. The van der Waals surface area contributed by atoms with Crippen LogP contribution in [0, 0.1) is 0 Å². The molecule has 0 heterocycles. The molecule has 0 aliphatic rings. The number of carbonyl (C=O) groups is 2. The van der Waals surface area contributed by atoms with E-state index in [0.717, 1.165) is 6.54 Å². The number of ether oxygens (including phenoxy) is 1. The number of hydrogen-bond donors (Lipinski definition) is 1. The summed E-state index contributed by atoms with van der Waals surface area (Å²) in [7, 11) is 0. The normalized spacial score (nSPS) is 9.50. The molecule has 4 nitrogen and oxygen atoms in total. The number of esters is 1. The van der Waals surface area contributed by atoms with E-state index in [0.29, 0.717) is 6.54 Å². The van der Waals surface area contributed by atoms with Crippen molar-refractivity contribution in [1.82, 2.24) is 5.32 Å². The van der Waals surface area contributed by atoms with Crippen molar-refractivity contribution in [3.63, 3.8) is 0 Å². The Morgan fingerprint density at radius 1 is 1.33 bits per heavy atom. The van der Waals surface area contributed by atoms with Crippen molar-refractivity contribution in [3.8, 4) is 0 Å². The molecule has 4 heteroatoms. The van der Waals surface area contributed by atoms with Gasteiger partial charge in [-0.2, -0.15) is 0 Å². The molecule has 0 atom stereocenters. The molecule has 12 heavy (non-hydrogen) atoms. The number of ketones is 1. The molecule has 0 aromatic heterocycles. The first-order chi connectivity index (χ1) is 5.72. The molecule has 0 aromatic rings. The summed E-state index contributed by atoms with van der Waals surface area (Å²) < 4.78 is 4.52. The van der Waals surface area contributed by atoms with Crippen LogP contribution in [-0.4, -0.2) is 31.4 Å². The predicted molar refractivity (Wildman–Crippen MR) is 44.8 cm³/mol. The van der Waals surface area contributed by atoms with E-state index in [1.807, 2.05) is 6.92 Å². The molecule has 0 amide bonds. The second-order valence-corrected chi connectivity index (χ2v) is 2.25. The minimum atomic E-state index is -0.726. The third-order valence-corrected chi connectivity index (χ3v) is 1.28. The minimum Gasteiger partial charge on any atom is -0.460 e. The van der Waals surface area contributed by atoms with E-state index in [1.165, 1.54) is 0 Å². The van der Waals surface area contributed by atoms with Gasteiger partial charge in [0.15, 0.2) is 0 Å². The molecule has 0 bridgehead atoms. The van der Waals surface area contributed by atoms with Gasteiger partial charge in [-0.3, -0.25) is 4.79 Å². The monoisotopic (exact) mass is 173 g/mol.